The molecule has 6 rings (SSSR count). The fourth-order valence-corrected chi connectivity index (χ4v) is 6.75. The molecule has 2 aliphatic rings. The minimum Gasteiger partial charge on any atom is -0.444 e. The topological polar surface area (TPSA) is 102 Å². The number of fused-ring (bicyclic) bond motifs is 2. The molecule has 1 saturated carbocycles. The first-order chi connectivity index (χ1) is 17.8. The van der Waals surface area contributed by atoms with Crippen LogP contribution in [0.5, 0.6) is 0 Å². The maximum atomic E-state index is 12.5. The summed E-state index contributed by atoms with van der Waals surface area (Å²) in [5, 5.41) is 11.5. The maximum Gasteiger partial charge on any atom is 0.407 e. The Morgan fingerprint density at radius 3 is 2.78 bits per heavy atom. The Hall–Kier alpha value is -3.34. The van der Waals surface area contributed by atoms with Crippen LogP contribution in [0, 0.1) is 5.41 Å². The Bertz CT molecular complexity index is 1430. The zero-order chi connectivity index (χ0) is 25.6. The first-order valence-corrected chi connectivity index (χ1v) is 13.7. The highest BCUT2D eigenvalue weighted by Crippen LogP contribution is 2.47. The van der Waals surface area contributed by atoms with Gasteiger partial charge in [0.1, 0.15) is 11.9 Å². The van der Waals surface area contributed by atoms with Crippen LogP contribution in [-0.4, -0.2) is 59.8 Å². The van der Waals surface area contributed by atoms with Gasteiger partial charge in [0.2, 0.25) is 5.95 Å². The average molecular weight is 521 g/mol. The number of pyridine rings is 1. The van der Waals surface area contributed by atoms with Crippen LogP contribution in [0.3, 0.4) is 0 Å². The smallest absolute Gasteiger partial charge is 0.407 e. The van der Waals surface area contributed by atoms with Crippen molar-refractivity contribution in [3.63, 3.8) is 0 Å². The van der Waals surface area contributed by atoms with Crippen molar-refractivity contribution < 1.29 is 9.53 Å². The van der Waals surface area contributed by atoms with Crippen LogP contribution < -0.4 is 10.2 Å². The SMILES string of the molecule is CC(C)(C)OC(=O)N[C@@H]1CCCC12CCN(c1ncc(Sc3cccn4cnnc34)c3nccn13)CC2. The highest BCUT2D eigenvalue weighted by molar-refractivity contribution is 7.99. The second kappa shape index (κ2) is 9.20. The Morgan fingerprint density at radius 2 is 1.97 bits per heavy atom. The fraction of sp³-hybridized carbons (Fsp3) is 0.500. The largest absolute Gasteiger partial charge is 0.444 e. The molecule has 1 atom stereocenters. The molecule has 2 fully saturated rings. The van der Waals surface area contributed by atoms with Gasteiger partial charge >= 0.3 is 6.09 Å². The minimum atomic E-state index is -0.493. The molecule has 4 aromatic heterocycles. The van der Waals surface area contributed by atoms with Gasteiger partial charge in [0, 0.05) is 43.9 Å². The van der Waals surface area contributed by atoms with E-state index < -0.39 is 5.60 Å². The van der Waals surface area contributed by atoms with Gasteiger partial charge in [0.25, 0.3) is 0 Å². The van der Waals surface area contributed by atoms with E-state index in [0.717, 1.165) is 72.2 Å². The van der Waals surface area contributed by atoms with Crippen LogP contribution >= 0.6 is 11.8 Å². The van der Waals surface area contributed by atoms with Crippen molar-refractivity contribution in [2.24, 2.45) is 5.41 Å². The highest BCUT2D eigenvalue weighted by Gasteiger charge is 2.46. The lowest BCUT2D eigenvalue weighted by molar-refractivity contribution is 0.0442. The van der Waals surface area contributed by atoms with Crippen molar-refractivity contribution >= 4 is 35.1 Å². The van der Waals surface area contributed by atoms with Crippen molar-refractivity contribution in [3.8, 4) is 0 Å². The molecule has 1 amide bonds. The summed E-state index contributed by atoms with van der Waals surface area (Å²) in [7, 11) is 0. The van der Waals surface area contributed by atoms with E-state index in [2.05, 4.69) is 29.8 Å². The number of carbonyl (C=O) groups excluding carboxylic acids is 1. The lowest BCUT2D eigenvalue weighted by Gasteiger charge is -2.43. The fourth-order valence-electron chi connectivity index (χ4n) is 5.78. The van der Waals surface area contributed by atoms with Gasteiger partial charge < -0.3 is 15.0 Å². The number of carbonyl (C=O) groups is 1. The van der Waals surface area contributed by atoms with Crippen LogP contribution in [0.25, 0.3) is 11.3 Å². The third-order valence-electron chi connectivity index (χ3n) is 7.52. The standard InChI is InChI=1S/C26H32N8O2S/c1-25(2,3)36-24(35)30-20-7-4-8-26(20)9-13-32(14-10-26)23-28-16-19(21-27-11-15-34(21)23)37-18-6-5-12-33-17-29-31-22(18)33/h5-6,11-12,15-17,20H,4,7-10,13-14H2,1-3H3,(H,30,35)/t20-/m1/s1. The van der Waals surface area contributed by atoms with Crippen LogP contribution in [0.4, 0.5) is 10.7 Å². The summed E-state index contributed by atoms with van der Waals surface area (Å²) in [4.78, 5) is 26.3. The number of ether oxygens (including phenoxy) is 1. The average Bonchev–Trinajstić information content (AvgIpc) is 3.60. The molecule has 194 valence electrons. The molecule has 37 heavy (non-hydrogen) atoms. The zero-order valence-electron chi connectivity index (χ0n) is 21.4. The molecule has 1 saturated heterocycles. The molecule has 1 aliphatic heterocycles. The van der Waals surface area contributed by atoms with Crippen LogP contribution in [-0.2, 0) is 4.74 Å². The summed E-state index contributed by atoms with van der Waals surface area (Å²) >= 11 is 1.60. The summed E-state index contributed by atoms with van der Waals surface area (Å²) in [6.07, 6.45) is 14.3. The van der Waals surface area contributed by atoms with Gasteiger partial charge in [0.05, 0.1) is 9.79 Å². The molecule has 0 radical (unpaired) electrons. The van der Waals surface area contributed by atoms with E-state index in [-0.39, 0.29) is 17.6 Å². The number of hydrogen-bond donors (Lipinski definition) is 1. The number of rotatable bonds is 4. The maximum absolute atomic E-state index is 12.5. The predicted octanol–water partition coefficient (Wildman–Crippen LogP) is 4.59. The van der Waals surface area contributed by atoms with E-state index in [0.29, 0.717) is 0 Å². The third kappa shape index (κ3) is 4.60. The second-order valence-corrected chi connectivity index (χ2v) is 12.1. The first-order valence-electron chi connectivity index (χ1n) is 12.8. The van der Waals surface area contributed by atoms with E-state index in [9.17, 15) is 4.79 Å². The Balaban J connectivity index is 1.19. The van der Waals surface area contributed by atoms with Crippen molar-refractivity contribution in [1.29, 1.82) is 0 Å². The highest BCUT2D eigenvalue weighted by atomic mass is 32.2. The molecular weight excluding hydrogens is 488 g/mol. The van der Waals surface area contributed by atoms with E-state index in [1.807, 2.05) is 62.1 Å². The van der Waals surface area contributed by atoms with Gasteiger partial charge in [-0.15, -0.1) is 10.2 Å². The van der Waals surface area contributed by atoms with Crippen molar-refractivity contribution in [3.05, 3.63) is 43.2 Å². The summed E-state index contributed by atoms with van der Waals surface area (Å²) < 4.78 is 9.53. The molecule has 0 aromatic carbocycles. The minimum absolute atomic E-state index is 0.119. The monoisotopic (exact) mass is 520 g/mol. The lowest BCUT2D eigenvalue weighted by atomic mass is 9.74. The first kappa shape index (κ1) is 24.0. The van der Waals surface area contributed by atoms with Crippen LogP contribution in [0.1, 0.15) is 52.9 Å². The molecule has 5 heterocycles. The van der Waals surface area contributed by atoms with Crippen molar-refractivity contribution in [1.82, 2.24) is 34.3 Å². The van der Waals surface area contributed by atoms with E-state index in [1.165, 1.54) is 0 Å². The quantitative estimate of drug-likeness (QED) is 0.417. The predicted molar refractivity (Wildman–Crippen MR) is 141 cm³/mol. The van der Waals surface area contributed by atoms with Gasteiger partial charge in [0.15, 0.2) is 11.3 Å². The number of hydrogen-bond acceptors (Lipinski definition) is 8. The zero-order valence-corrected chi connectivity index (χ0v) is 22.2. The van der Waals surface area contributed by atoms with Gasteiger partial charge in [-0.3, -0.25) is 8.80 Å². The number of nitrogens with zero attached hydrogens (tertiary/aromatic N) is 7. The summed E-state index contributed by atoms with van der Waals surface area (Å²) in [6.45, 7) is 7.48. The summed E-state index contributed by atoms with van der Waals surface area (Å²) in [6, 6.07) is 4.18. The van der Waals surface area contributed by atoms with Crippen molar-refractivity contribution in [2.45, 2.75) is 74.3 Å². The molecule has 0 unspecified atom stereocenters. The number of imidazole rings is 1. The van der Waals surface area contributed by atoms with Gasteiger partial charge in [-0.2, -0.15) is 0 Å². The molecule has 1 spiro atoms. The number of aromatic nitrogens is 6. The number of anilines is 1. The molecular formula is C26H32N8O2S. The lowest BCUT2D eigenvalue weighted by Crippen LogP contribution is -2.51. The van der Waals surface area contributed by atoms with Crippen molar-refractivity contribution in [2.75, 3.05) is 18.0 Å². The molecule has 11 heteroatoms. The number of piperidine rings is 1. The second-order valence-electron chi connectivity index (χ2n) is 11.0. The summed E-state index contributed by atoms with van der Waals surface area (Å²) in [5.41, 5.74) is 1.32. The van der Waals surface area contributed by atoms with Gasteiger partial charge in [-0.25, -0.2) is 14.8 Å². The molecule has 1 aliphatic carbocycles. The van der Waals surface area contributed by atoms with Gasteiger partial charge in [-0.05, 0) is 64.0 Å². The normalized spacial score (nSPS) is 19.6. The van der Waals surface area contributed by atoms with E-state index in [4.69, 9.17) is 9.72 Å². The number of amides is 1. The molecule has 0 bridgehead atoms. The number of nitrogens with one attached hydrogen (secondary N) is 1. The molecule has 10 nitrogen and oxygen atoms in total. The van der Waals surface area contributed by atoms with Crippen LogP contribution in [0.15, 0.2) is 53.0 Å². The Kier molecular flexibility index (Phi) is 5.97. The van der Waals surface area contributed by atoms with E-state index >= 15 is 0 Å². The number of alkyl carbamates (subject to hydrolysis) is 1. The van der Waals surface area contributed by atoms with E-state index in [1.54, 1.807) is 18.1 Å². The molecule has 4 aromatic rings. The molecule has 1 N–H and O–H groups in total. The summed E-state index contributed by atoms with van der Waals surface area (Å²) in [5.74, 6) is 0.905. The Labute approximate surface area is 219 Å². The van der Waals surface area contributed by atoms with Crippen LogP contribution in [0.2, 0.25) is 0 Å². The Morgan fingerprint density at radius 1 is 1.14 bits per heavy atom. The van der Waals surface area contributed by atoms with Gasteiger partial charge in [-0.1, -0.05) is 18.2 Å². The third-order valence-corrected chi connectivity index (χ3v) is 8.57.